The Hall–Kier alpha value is -1.68. The smallest absolute Gasteiger partial charge is 0.416 e. The highest BCUT2D eigenvalue weighted by Gasteiger charge is 2.37. The molecular weight excluding hydrogens is 342 g/mol. The first-order valence-corrected chi connectivity index (χ1v) is 8.07. The topological polar surface area (TPSA) is 74.7 Å². The maximum atomic E-state index is 13.8. The van der Waals surface area contributed by atoms with E-state index in [1.54, 1.807) is 0 Å². The van der Waals surface area contributed by atoms with Crippen LogP contribution in [0.25, 0.3) is 0 Å². The Labute approximate surface area is 129 Å². The summed E-state index contributed by atoms with van der Waals surface area (Å²) < 4.78 is 77.3. The van der Waals surface area contributed by atoms with Gasteiger partial charge in [0.05, 0.1) is 11.5 Å². The van der Waals surface area contributed by atoms with Gasteiger partial charge in [0.25, 0.3) is 0 Å². The van der Waals surface area contributed by atoms with Gasteiger partial charge in [-0.05, 0) is 31.0 Å². The summed E-state index contributed by atoms with van der Waals surface area (Å²) in [4.78, 5) is 9.87. The fourth-order valence-electron chi connectivity index (χ4n) is 2.38. The van der Waals surface area contributed by atoms with Crippen LogP contribution in [0.1, 0.15) is 18.4 Å². The molecule has 0 aromatic heterocycles. The van der Waals surface area contributed by atoms with Crippen molar-refractivity contribution < 1.29 is 35.9 Å². The van der Waals surface area contributed by atoms with E-state index in [1.807, 2.05) is 0 Å². The Morgan fingerprint density at radius 3 is 2.52 bits per heavy atom. The quantitative estimate of drug-likeness (QED) is 0.845. The highest BCUT2D eigenvalue weighted by atomic mass is 32.2. The number of carbonyl (C=O) groups is 1. The van der Waals surface area contributed by atoms with Crippen molar-refractivity contribution in [1.29, 1.82) is 0 Å². The van der Waals surface area contributed by atoms with Crippen molar-refractivity contribution in [3.05, 3.63) is 29.6 Å². The number of alkyl halides is 3. The van der Waals surface area contributed by atoms with Crippen molar-refractivity contribution >= 4 is 16.0 Å². The molecule has 0 bridgehead atoms. The molecule has 1 aromatic rings. The van der Waals surface area contributed by atoms with E-state index < -0.39 is 50.9 Å². The number of piperidine rings is 1. The number of carboxylic acids is 1. The molecule has 0 spiro atoms. The second kappa shape index (κ2) is 6.08. The van der Waals surface area contributed by atoms with Crippen LogP contribution in [0.4, 0.5) is 17.6 Å². The van der Waals surface area contributed by atoms with Crippen molar-refractivity contribution in [3.63, 3.8) is 0 Å². The molecule has 128 valence electrons. The first kappa shape index (κ1) is 17.7. The molecule has 10 heteroatoms. The van der Waals surface area contributed by atoms with Gasteiger partial charge in [-0.15, -0.1) is 0 Å². The molecule has 0 saturated carbocycles. The summed E-state index contributed by atoms with van der Waals surface area (Å²) in [6, 6.07) is 1.12. The van der Waals surface area contributed by atoms with E-state index in [-0.39, 0.29) is 25.5 Å². The molecule has 2 rings (SSSR count). The van der Waals surface area contributed by atoms with Crippen LogP contribution in [-0.4, -0.2) is 36.9 Å². The van der Waals surface area contributed by atoms with E-state index in [4.69, 9.17) is 5.11 Å². The summed E-state index contributed by atoms with van der Waals surface area (Å²) in [5.74, 6) is -3.47. The van der Waals surface area contributed by atoms with Crippen molar-refractivity contribution in [2.75, 3.05) is 13.1 Å². The van der Waals surface area contributed by atoms with E-state index >= 15 is 0 Å². The van der Waals surface area contributed by atoms with Crippen LogP contribution in [0.2, 0.25) is 0 Å². The Morgan fingerprint density at radius 2 is 1.96 bits per heavy atom. The zero-order valence-corrected chi connectivity index (χ0v) is 12.5. The molecule has 0 amide bonds. The molecule has 1 unspecified atom stereocenters. The maximum absolute atomic E-state index is 13.8. The number of sulfonamides is 1. The second-order valence-electron chi connectivity index (χ2n) is 5.18. The predicted octanol–water partition coefficient (Wildman–Crippen LogP) is 2.33. The van der Waals surface area contributed by atoms with Crippen LogP contribution in [0.3, 0.4) is 0 Å². The number of aliphatic carboxylic acids is 1. The van der Waals surface area contributed by atoms with E-state index in [0.29, 0.717) is 16.4 Å². The Morgan fingerprint density at radius 1 is 1.30 bits per heavy atom. The van der Waals surface area contributed by atoms with Crippen LogP contribution in [0.15, 0.2) is 23.1 Å². The number of hydrogen-bond donors (Lipinski definition) is 1. The molecule has 5 nitrogen and oxygen atoms in total. The summed E-state index contributed by atoms with van der Waals surface area (Å²) in [5.41, 5.74) is -1.29. The Kier molecular flexibility index (Phi) is 4.67. The zero-order valence-electron chi connectivity index (χ0n) is 11.7. The van der Waals surface area contributed by atoms with E-state index in [9.17, 15) is 30.8 Å². The lowest BCUT2D eigenvalue weighted by Gasteiger charge is -2.30. The van der Waals surface area contributed by atoms with Crippen LogP contribution >= 0.6 is 0 Å². The molecule has 1 atom stereocenters. The minimum absolute atomic E-state index is 0.0677. The van der Waals surface area contributed by atoms with Crippen LogP contribution in [0.5, 0.6) is 0 Å². The van der Waals surface area contributed by atoms with Crippen molar-refractivity contribution in [1.82, 2.24) is 4.31 Å². The maximum Gasteiger partial charge on any atom is 0.416 e. The first-order valence-electron chi connectivity index (χ1n) is 6.63. The summed E-state index contributed by atoms with van der Waals surface area (Å²) >= 11 is 0. The standard InChI is InChI=1S/C13H13F4NO4S/c14-10-4-3-9(13(15,16)17)6-11(10)23(21,22)18-5-1-2-8(7-18)12(19)20/h3-4,6,8H,1-2,5,7H2,(H,19,20). The average Bonchev–Trinajstić information content (AvgIpc) is 2.46. The Balaban J connectivity index is 2.41. The SMILES string of the molecule is O=C(O)C1CCCN(S(=O)(=O)c2cc(C(F)(F)F)ccc2F)C1. The molecule has 23 heavy (non-hydrogen) atoms. The van der Waals surface area contributed by atoms with Crippen LogP contribution in [0, 0.1) is 11.7 Å². The van der Waals surface area contributed by atoms with Crippen LogP contribution < -0.4 is 0 Å². The van der Waals surface area contributed by atoms with Gasteiger partial charge in [0.15, 0.2) is 0 Å². The van der Waals surface area contributed by atoms with Gasteiger partial charge in [-0.1, -0.05) is 0 Å². The summed E-state index contributed by atoms with van der Waals surface area (Å²) in [7, 11) is -4.55. The third-order valence-electron chi connectivity index (χ3n) is 3.61. The molecule has 1 fully saturated rings. The van der Waals surface area contributed by atoms with E-state index in [2.05, 4.69) is 0 Å². The molecule has 1 aliphatic rings. The van der Waals surface area contributed by atoms with Gasteiger partial charge in [0, 0.05) is 13.1 Å². The summed E-state index contributed by atoms with van der Waals surface area (Å²) in [5, 5.41) is 8.95. The normalized spacial score (nSPS) is 20.4. The van der Waals surface area contributed by atoms with Gasteiger partial charge in [-0.3, -0.25) is 4.79 Å². The van der Waals surface area contributed by atoms with E-state index in [1.165, 1.54) is 0 Å². The lowest BCUT2D eigenvalue weighted by Crippen LogP contribution is -2.42. The fourth-order valence-corrected chi connectivity index (χ4v) is 3.99. The number of benzene rings is 1. The number of rotatable bonds is 3. The number of carboxylic acid groups (broad SMARTS) is 1. The van der Waals surface area contributed by atoms with Crippen molar-refractivity contribution in [3.8, 4) is 0 Å². The molecule has 0 radical (unpaired) electrons. The zero-order chi connectivity index (χ0) is 17.4. The lowest BCUT2D eigenvalue weighted by atomic mass is 10.0. The molecule has 1 aliphatic heterocycles. The highest BCUT2D eigenvalue weighted by molar-refractivity contribution is 7.89. The molecule has 0 aliphatic carbocycles. The van der Waals surface area contributed by atoms with Gasteiger partial charge < -0.3 is 5.11 Å². The summed E-state index contributed by atoms with van der Waals surface area (Å²) in [6.45, 7) is -0.463. The predicted molar refractivity (Wildman–Crippen MR) is 70.5 cm³/mol. The first-order chi connectivity index (χ1) is 10.5. The third kappa shape index (κ3) is 3.63. The number of nitrogens with zero attached hydrogens (tertiary/aromatic N) is 1. The lowest BCUT2D eigenvalue weighted by molar-refractivity contribution is -0.143. The molecule has 1 aromatic carbocycles. The average molecular weight is 355 g/mol. The largest absolute Gasteiger partial charge is 0.481 e. The van der Waals surface area contributed by atoms with Crippen molar-refractivity contribution in [2.24, 2.45) is 5.92 Å². The third-order valence-corrected chi connectivity index (χ3v) is 5.49. The molecule has 1 heterocycles. The van der Waals surface area contributed by atoms with Gasteiger partial charge >= 0.3 is 12.1 Å². The Bertz CT molecular complexity index is 717. The van der Waals surface area contributed by atoms with Gasteiger partial charge in [0.2, 0.25) is 10.0 Å². The van der Waals surface area contributed by atoms with Gasteiger partial charge in [0.1, 0.15) is 10.7 Å². The van der Waals surface area contributed by atoms with Crippen molar-refractivity contribution in [2.45, 2.75) is 23.9 Å². The van der Waals surface area contributed by atoms with Gasteiger partial charge in [-0.2, -0.15) is 17.5 Å². The fraction of sp³-hybridized carbons (Fsp3) is 0.462. The monoisotopic (exact) mass is 355 g/mol. The summed E-state index contributed by atoms with van der Waals surface area (Å²) in [6.07, 6.45) is -4.33. The van der Waals surface area contributed by atoms with Crippen LogP contribution in [-0.2, 0) is 21.0 Å². The minimum atomic E-state index is -4.82. The molecular formula is C13H13F4NO4S. The highest BCUT2D eigenvalue weighted by Crippen LogP contribution is 2.33. The molecule has 1 saturated heterocycles. The van der Waals surface area contributed by atoms with Gasteiger partial charge in [-0.25, -0.2) is 12.8 Å². The van der Waals surface area contributed by atoms with E-state index in [0.717, 1.165) is 0 Å². The number of halogens is 4. The number of hydrogen-bond acceptors (Lipinski definition) is 3. The second-order valence-corrected chi connectivity index (χ2v) is 7.09. The molecule has 1 N–H and O–H groups in total. The minimum Gasteiger partial charge on any atom is -0.481 e.